The molecule has 0 aliphatic carbocycles. The molecule has 1 heterocycles. The van der Waals surface area contributed by atoms with Crippen LogP contribution in [0.4, 0.5) is 5.69 Å². The molecule has 0 radical (unpaired) electrons. The summed E-state index contributed by atoms with van der Waals surface area (Å²) in [4.78, 5) is 4.03. The molecule has 0 amide bonds. The van der Waals surface area contributed by atoms with E-state index in [0.717, 1.165) is 16.8 Å². The summed E-state index contributed by atoms with van der Waals surface area (Å²) in [6, 6.07) is 18.7. The van der Waals surface area contributed by atoms with Crippen LogP contribution in [0.15, 0.2) is 61.2 Å². The molecule has 103 valence electrons. The number of hydrogen-bond donors (Lipinski definition) is 1. The van der Waals surface area contributed by atoms with Crippen LogP contribution in [0.1, 0.15) is 17.2 Å². The van der Waals surface area contributed by atoms with Gasteiger partial charge in [0.15, 0.2) is 0 Å². The fourth-order valence-electron chi connectivity index (χ4n) is 2.11. The van der Waals surface area contributed by atoms with E-state index in [0.29, 0.717) is 28.7 Å². The van der Waals surface area contributed by atoms with Gasteiger partial charge < -0.3 is 5.73 Å². The van der Waals surface area contributed by atoms with Gasteiger partial charge in [-0.3, -0.25) is 0 Å². The zero-order valence-electron chi connectivity index (χ0n) is 11.3. The molecule has 0 spiro atoms. The molecule has 1 unspecified atom stereocenters. The number of hydrogen-bond acceptors (Lipinski definition) is 3. The second kappa shape index (κ2) is 7.85. The quantitative estimate of drug-likeness (QED) is 0.444. The van der Waals surface area contributed by atoms with E-state index in [1.165, 1.54) is 0 Å². The van der Waals surface area contributed by atoms with E-state index in [-0.39, 0.29) is 6.04 Å². The van der Waals surface area contributed by atoms with Gasteiger partial charge >= 0.3 is 32.0 Å². The summed E-state index contributed by atoms with van der Waals surface area (Å²) in [5.41, 5.74) is 8.75. The molecule has 0 saturated carbocycles. The number of nitrogens with zero attached hydrogens (tertiary/aromatic N) is 3. The number of nitrogen functional groups attached to an aromatic ring is 1. The average molecular weight is 500 g/mol. The van der Waals surface area contributed by atoms with Crippen LogP contribution in [0.2, 0.25) is 0 Å². The SMILES string of the molecule is Nc1ccc(C(c2cc[c-]cc2)n2cncn2)cc1.[CH]#[U]. The standard InChI is InChI=1S/C15H13N4.CH.U/c16-14-8-6-13(7-9-14)15(19-11-17-10-18-19)12-4-2-1-3-5-12;;/h2-11,15H,16H2;1H;/q-1;;. The molecule has 0 saturated heterocycles. The molecular weight excluding hydrogens is 486 g/mol. The van der Waals surface area contributed by atoms with Crippen molar-refractivity contribution in [2.45, 2.75) is 6.04 Å². The van der Waals surface area contributed by atoms with Crippen LogP contribution in [0, 0.1) is 38.1 Å². The Morgan fingerprint density at radius 3 is 2.24 bits per heavy atom. The van der Waals surface area contributed by atoms with Crippen LogP contribution < -0.4 is 5.73 Å². The van der Waals surface area contributed by atoms with E-state index in [9.17, 15) is 0 Å². The zero-order valence-corrected chi connectivity index (χ0v) is 15.5. The Bertz CT molecular complexity index is 675. The summed E-state index contributed by atoms with van der Waals surface area (Å²) >= 11 is 0.658. The first-order chi connectivity index (χ1) is 10.3. The van der Waals surface area contributed by atoms with Gasteiger partial charge in [0.25, 0.3) is 0 Å². The molecule has 3 rings (SSSR count). The van der Waals surface area contributed by atoms with Crippen molar-refractivity contribution in [3.05, 3.63) is 78.4 Å². The molecule has 0 fully saturated rings. The third-order valence-electron chi connectivity index (χ3n) is 3.01. The first-order valence-electron chi connectivity index (χ1n) is 6.29. The van der Waals surface area contributed by atoms with Gasteiger partial charge in [-0.2, -0.15) is 35.4 Å². The molecule has 4 nitrogen and oxygen atoms in total. The average Bonchev–Trinajstić information content (AvgIpc) is 3.07. The van der Waals surface area contributed by atoms with Crippen molar-refractivity contribution >= 4 is 5.69 Å². The van der Waals surface area contributed by atoms with E-state index >= 15 is 0 Å². The number of anilines is 1. The molecule has 1 atom stereocenters. The third-order valence-corrected chi connectivity index (χ3v) is 3.01. The van der Waals surface area contributed by atoms with Gasteiger partial charge in [-0.15, -0.1) is 5.56 Å². The predicted octanol–water partition coefficient (Wildman–Crippen LogP) is 2.42. The van der Waals surface area contributed by atoms with Crippen molar-refractivity contribution in [3.8, 4) is 3.32 Å². The summed E-state index contributed by atoms with van der Waals surface area (Å²) in [7, 11) is 0. The maximum absolute atomic E-state index is 5.74. The Kier molecular flexibility index (Phi) is 5.83. The van der Waals surface area contributed by atoms with Crippen LogP contribution in [0.25, 0.3) is 0 Å². The summed E-state index contributed by atoms with van der Waals surface area (Å²) in [5, 5.41) is 4.26. The van der Waals surface area contributed by atoms with Crippen LogP contribution >= 0.6 is 0 Å². The van der Waals surface area contributed by atoms with Gasteiger partial charge in [-0.25, -0.2) is 9.67 Å². The maximum atomic E-state index is 5.74. The van der Waals surface area contributed by atoms with E-state index in [4.69, 9.17) is 5.73 Å². The van der Waals surface area contributed by atoms with Crippen molar-refractivity contribution in [2.75, 3.05) is 5.73 Å². The van der Waals surface area contributed by atoms with Crippen molar-refractivity contribution in [3.63, 3.8) is 0 Å². The molecule has 0 bridgehead atoms. The molecule has 2 N–H and O–H groups in total. The normalized spacial score (nSPS) is 11.3. The van der Waals surface area contributed by atoms with Gasteiger partial charge in [-0.05, 0) is 17.7 Å². The van der Waals surface area contributed by atoms with Gasteiger partial charge in [0.2, 0.25) is 0 Å². The van der Waals surface area contributed by atoms with E-state index < -0.39 is 0 Å². The Balaban J connectivity index is 0.000000774. The van der Waals surface area contributed by atoms with Gasteiger partial charge in [0.05, 0.1) is 6.04 Å². The minimum atomic E-state index is -0.00213. The molecule has 1 aromatic heterocycles. The van der Waals surface area contributed by atoms with Gasteiger partial charge in [0.1, 0.15) is 12.7 Å². The Labute approximate surface area is 142 Å². The monoisotopic (exact) mass is 500 g/mol. The second-order valence-corrected chi connectivity index (χ2v) is 4.28. The second-order valence-electron chi connectivity index (χ2n) is 4.28. The Hall–Kier alpha value is -1.79. The zero-order chi connectivity index (χ0) is 15.1. The third kappa shape index (κ3) is 3.86. The number of nitrogens with two attached hydrogens (primary N) is 1. The summed E-state index contributed by atoms with van der Waals surface area (Å²) in [5.74, 6) is 0. The Morgan fingerprint density at radius 2 is 1.67 bits per heavy atom. The summed E-state index contributed by atoms with van der Waals surface area (Å²) < 4.78 is 6.50. The molecule has 3 aromatic rings. The summed E-state index contributed by atoms with van der Waals surface area (Å²) in [6.45, 7) is 0. The fraction of sp³-hybridized carbons (Fsp3) is 0.0625. The van der Waals surface area contributed by atoms with Gasteiger partial charge in [-0.1, -0.05) is 12.1 Å². The molecular formula is C16H14N4U-. The molecule has 5 heteroatoms. The first kappa shape index (κ1) is 15.6. The molecule has 2 aromatic carbocycles. The van der Waals surface area contributed by atoms with E-state index in [2.05, 4.69) is 19.5 Å². The summed E-state index contributed by atoms with van der Waals surface area (Å²) in [6.07, 6.45) is 3.26. The number of benzene rings is 2. The van der Waals surface area contributed by atoms with Crippen molar-refractivity contribution in [2.24, 2.45) is 0 Å². The number of rotatable bonds is 3. The molecule has 0 aliphatic rings. The van der Waals surface area contributed by atoms with E-state index in [1.54, 1.807) is 12.7 Å². The minimum absolute atomic E-state index is 0.00213. The number of aromatic nitrogens is 3. The molecule has 21 heavy (non-hydrogen) atoms. The van der Waals surface area contributed by atoms with Crippen LogP contribution in [0.3, 0.4) is 0 Å². The fourth-order valence-corrected chi connectivity index (χ4v) is 2.11. The van der Waals surface area contributed by atoms with Crippen molar-refractivity contribution in [1.29, 1.82) is 0 Å². The Morgan fingerprint density at radius 1 is 1.05 bits per heavy atom. The van der Waals surface area contributed by atoms with E-state index in [1.807, 2.05) is 53.2 Å². The van der Waals surface area contributed by atoms with Crippen LogP contribution in [0.5, 0.6) is 0 Å². The van der Waals surface area contributed by atoms with Gasteiger partial charge in [0, 0.05) is 5.69 Å². The topological polar surface area (TPSA) is 56.7 Å². The predicted molar refractivity (Wildman–Crippen MR) is 78.3 cm³/mol. The van der Waals surface area contributed by atoms with Crippen LogP contribution in [-0.2, 0) is 0 Å². The first-order valence-corrected chi connectivity index (χ1v) is 8.69. The van der Waals surface area contributed by atoms with Crippen LogP contribution in [-0.4, -0.2) is 14.8 Å². The van der Waals surface area contributed by atoms with Crippen molar-refractivity contribution < 1.29 is 28.7 Å². The molecule has 0 aliphatic heterocycles. The van der Waals surface area contributed by atoms with Crippen molar-refractivity contribution in [1.82, 2.24) is 14.8 Å².